The van der Waals surface area contributed by atoms with Gasteiger partial charge in [0.15, 0.2) is 5.82 Å². The number of ether oxygens (including phenoxy) is 1. The van der Waals surface area contributed by atoms with E-state index in [0.29, 0.717) is 23.5 Å². The molecule has 172 valence electrons. The van der Waals surface area contributed by atoms with E-state index in [2.05, 4.69) is 14.5 Å². The molecule has 7 heteroatoms. The Morgan fingerprint density at radius 1 is 1.06 bits per heavy atom. The molecule has 1 aliphatic carbocycles. The molecule has 0 saturated heterocycles. The standard InChI is InChI=1S/C27H27N5O2/c28-25-23-24(20-12-4-5-13-21(20)31-25)32(18-30-23)17-9-8-16-27(26(29)33)15-7-6-14-22(27)34-19-10-2-1-3-11-19/h1-7,10-15,18,22H,8-9,16-17H2,(H2,28,31)(H2,29,33). The topological polar surface area (TPSA) is 109 Å². The zero-order valence-electron chi connectivity index (χ0n) is 18.8. The number of nitrogens with zero attached hydrogens (tertiary/aromatic N) is 3. The summed E-state index contributed by atoms with van der Waals surface area (Å²) in [5.74, 6) is 0.758. The van der Waals surface area contributed by atoms with Crippen LogP contribution in [0.4, 0.5) is 5.82 Å². The highest BCUT2D eigenvalue weighted by molar-refractivity contribution is 6.06. The first kappa shape index (κ1) is 21.7. The van der Waals surface area contributed by atoms with Gasteiger partial charge in [0.2, 0.25) is 5.91 Å². The number of carbonyl (C=O) groups excluding carboxylic acids is 1. The number of para-hydroxylation sites is 2. The molecule has 5 rings (SSSR count). The van der Waals surface area contributed by atoms with Crippen LogP contribution in [-0.4, -0.2) is 26.5 Å². The number of benzene rings is 2. The van der Waals surface area contributed by atoms with Crippen LogP contribution in [0.1, 0.15) is 19.3 Å². The largest absolute Gasteiger partial charge is 0.485 e. The van der Waals surface area contributed by atoms with E-state index in [1.165, 1.54) is 0 Å². The van der Waals surface area contributed by atoms with Crippen LogP contribution < -0.4 is 16.2 Å². The van der Waals surface area contributed by atoms with Crippen LogP contribution in [0.5, 0.6) is 5.75 Å². The number of rotatable bonds is 8. The van der Waals surface area contributed by atoms with E-state index in [9.17, 15) is 4.79 Å². The number of aromatic nitrogens is 3. The molecular weight excluding hydrogens is 426 g/mol. The second kappa shape index (κ2) is 9.02. The SMILES string of the molecule is NC(=O)C1(CCCCn2cnc3c(N)nc4ccccc4c32)C=CC=CC1Oc1ccccc1. The van der Waals surface area contributed by atoms with Crippen molar-refractivity contribution in [2.24, 2.45) is 11.1 Å². The van der Waals surface area contributed by atoms with E-state index >= 15 is 0 Å². The molecule has 0 saturated carbocycles. The molecule has 0 spiro atoms. The van der Waals surface area contributed by atoms with Crippen molar-refractivity contribution in [3.63, 3.8) is 0 Å². The predicted molar refractivity (Wildman–Crippen MR) is 134 cm³/mol. The van der Waals surface area contributed by atoms with Crippen LogP contribution in [0.25, 0.3) is 21.9 Å². The van der Waals surface area contributed by atoms with Gasteiger partial charge in [0.05, 0.1) is 17.4 Å². The third-order valence-corrected chi connectivity index (χ3v) is 6.48. The quantitative estimate of drug-likeness (QED) is 0.385. The maximum atomic E-state index is 12.7. The van der Waals surface area contributed by atoms with Gasteiger partial charge in [-0.1, -0.05) is 61.0 Å². The van der Waals surface area contributed by atoms with Crippen molar-refractivity contribution in [3.8, 4) is 5.75 Å². The smallest absolute Gasteiger partial charge is 0.231 e. The summed E-state index contributed by atoms with van der Waals surface area (Å²) in [6, 6.07) is 17.4. The Kier molecular flexibility index (Phi) is 5.76. The van der Waals surface area contributed by atoms with E-state index in [0.717, 1.165) is 35.8 Å². The number of hydrogen-bond acceptors (Lipinski definition) is 5. The lowest BCUT2D eigenvalue weighted by Gasteiger charge is -2.36. The van der Waals surface area contributed by atoms with E-state index in [-0.39, 0.29) is 5.91 Å². The molecular formula is C27H27N5O2. The van der Waals surface area contributed by atoms with Crippen LogP contribution in [-0.2, 0) is 11.3 Å². The fourth-order valence-corrected chi connectivity index (χ4v) is 4.70. The highest BCUT2D eigenvalue weighted by Crippen LogP contribution is 2.37. The number of carbonyl (C=O) groups is 1. The summed E-state index contributed by atoms with van der Waals surface area (Å²) in [5, 5.41) is 1.02. The zero-order valence-corrected chi connectivity index (χ0v) is 18.8. The molecule has 0 bridgehead atoms. The number of imidazole rings is 1. The number of amides is 1. The molecule has 34 heavy (non-hydrogen) atoms. The van der Waals surface area contributed by atoms with Crippen molar-refractivity contribution < 1.29 is 9.53 Å². The Labute approximate surface area is 197 Å². The summed E-state index contributed by atoms with van der Waals surface area (Å²) in [7, 11) is 0. The predicted octanol–water partition coefficient (Wildman–Crippen LogP) is 4.38. The average Bonchev–Trinajstić information content (AvgIpc) is 3.28. The maximum Gasteiger partial charge on any atom is 0.231 e. The van der Waals surface area contributed by atoms with E-state index < -0.39 is 11.5 Å². The number of nitrogen functional groups attached to an aromatic ring is 1. The van der Waals surface area contributed by atoms with Crippen molar-refractivity contribution in [2.45, 2.75) is 31.9 Å². The number of unbranched alkanes of at least 4 members (excludes halogenated alkanes) is 1. The van der Waals surface area contributed by atoms with Gasteiger partial charge in [-0.2, -0.15) is 0 Å². The molecule has 7 nitrogen and oxygen atoms in total. The van der Waals surface area contributed by atoms with Crippen molar-refractivity contribution in [1.82, 2.24) is 14.5 Å². The average molecular weight is 454 g/mol. The molecule has 0 aliphatic heterocycles. The van der Waals surface area contributed by atoms with E-state index in [1.54, 1.807) is 0 Å². The molecule has 2 aromatic carbocycles. The minimum atomic E-state index is -0.900. The van der Waals surface area contributed by atoms with Gasteiger partial charge >= 0.3 is 0 Å². The number of pyridine rings is 1. The minimum Gasteiger partial charge on any atom is -0.485 e. The number of primary amides is 1. The molecule has 2 aromatic heterocycles. The van der Waals surface area contributed by atoms with Crippen LogP contribution in [0.2, 0.25) is 0 Å². The van der Waals surface area contributed by atoms with E-state index in [1.807, 2.05) is 85.2 Å². The summed E-state index contributed by atoms with van der Waals surface area (Å²) in [6.07, 6.45) is 11.1. The third kappa shape index (κ3) is 3.90. The van der Waals surface area contributed by atoms with Gasteiger partial charge in [0.25, 0.3) is 0 Å². The van der Waals surface area contributed by atoms with Crippen molar-refractivity contribution in [3.05, 3.63) is 85.2 Å². The Balaban J connectivity index is 1.33. The first-order valence-corrected chi connectivity index (χ1v) is 11.5. The Hall–Kier alpha value is -4.13. The zero-order chi connectivity index (χ0) is 23.5. The summed E-state index contributed by atoms with van der Waals surface area (Å²) in [5.41, 5.74) is 13.7. The van der Waals surface area contributed by atoms with Crippen LogP contribution >= 0.6 is 0 Å². The van der Waals surface area contributed by atoms with Crippen LogP contribution in [0.3, 0.4) is 0 Å². The van der Waals surface area contributed by atoms with E-state index in [4.69, 9.17) is 16.2 Å². The van der Waals surface area contributed by atoms with Crippen molar-refractivity contribution >= 4 is 33.7 Å². The molecule has 1 amide bonds. The third-order valence-electron chi connectivity index (χ3n) is 6.48. The molecule has 0 radical (unpaired) electrons. The second-order valence-electron chi connectivity index (χ2n) is 8.61. The molecule has 2 unspecified atom stereocenters. The highest BCUT2D eigenvalue weighted by Gasteiger charge is 2.43. The molecule has 4 N–H and O–H groups in total. The number of anilines is 1. The van der Waals surface area contributed by atoms with Gasteiger partial charge in [0, 0.05) is 11.9 Å². The van der Waals surface area contributed by atoms with Gasteiger partial charge < -0.3 is 20.8 Å². The molecule has 1 aliphatic rings. The summed E-state index contributed by atoms with van der Waals surface area (Å²) in [6.45, 7) is 0.739. The summed E-state index contributed by atoms with van der Waals surface area (Å²) >= 11 is 0. The Morgan fingerprint density at radius 3 is 2.68 bits per heavy atom. The van der Waals surface area contributed by atoms with Crippen LogP contribution in [0, 0.1) is 5.41 Å². The number of hydrogen-bond donors (Lipinski definition) is 2. The van der Waals surface area contributed by atoms with Crippen molar-refractivity contribution in [1.29, 1.82) is 0 Å². The maximum absolute atomic E-state index is 12.7. The van der Waals surface area contributed by atoms with Gasteiger partial charge in [-0.3, -0.25) is 4.79 Å². The Bertz CT molecular complexity index is 1390. The number of aryl methyl sites for hydroxylation is 1. The van der Waals surface area contributed by atoms with Gasteiger partial charge in [-0.15, -0.1) is 0 Å². The molecule has 4 aromatic rings. The first-order chi connectivity index (χ1) is 16.6. The van der Waals surface area contributed by atoms with Crippen LogP contribution in [0.15, 0.2) is 85.2 Å². The molecule has 2 heterocycles. The summed E-state index contributed by atoms with van der Waals surface area (Å²) in [4.78, 5) is 21.6. The van der Waals surface area contributed by atoms with Crippen molar-refractivity contribution in [2.75, 3.05) is 5.73 Å². The molecule has 0 fully saturated rings. The first-order valence-electron chi connectivity index (χ1n) is 11.5. The minimum absolute atomic E-state index is 0.382. The lowest BCUT2D eigenvalue weighted by molar-refractivity contribution is -0.129. The lowest BCUT2D eigenvalue weighted by Crippen LogP contribution is -2.47. The number of fused-ring (bicyclic) bond motifs is 3. The fourth-order valence-electron chi connectivity index (χ4n) is 4.70. The summed E-state index contributed by atoms with van der Waals surface area (Å²) < 4.78 is 8.29. The fraction of sp³-hybridized carbons (Fsp3) is 0.222. The molecule has 2 atom stereocenters. The van der Waals surface area contributed by atoms with Gasteiger partial charge in [-0.05, 0) is 37.1 Å². The van der Waals surface area contributed by atoms with Gasteiger partial charge in [0.1, 0.15) is 22.8 Å². The number of nitrogens with two attached hydrogens (primary N) is 2. The lowest BCUT2D eigenvalue weighted by atomic mass is 9.74. The Morgan fingerprint density at radius 2 is 1.85 bits per heavy atom. The monoisotopic (exact) mass is 453 g/mol. The normalized spacial score (nSPS) is 19.6. The number of allylic oxidation sites excluding steroid dienone is 2. The van der Waals surface area contributed by atoms with Gasteiger partial charge in [-0.25, -0.2) is 9.97 Å². The second-order valence-corrected chi connectivity index (χ2v) is 8.61. The highest BCUT2D eigenvalue weighted by atomic mass is 16.5.